The van der Waals surface area contributed by atoms with Crippen molar-refractivity contribution in [2.75, 3.05) is 10.8 Å². The summed E-state index contributed by atoms with van der Waals surface area (Å²) in [5.74, 6) is -1.86. The lowest BCUT2D eigenvalue weighted by atomic mass is 10.0. The van der Waals surface area contributed by atoms with Crippen molar-refractivity contribution >= 4 is 43.5 Å². The quantitative estimate of drug-likeness (QED) is 0.191. The third kappa shape index (κ3) is 9.02. The number of amides is 2. The Morgan fingerprint density at radius 1 is 0.867 bits per heavy atom. The van der Waals surface area contributed by atoms with Crippen LogP contribution in [0.15, 0.2) is 112 Å². The number of sulfonamides is 1. The van der Waals surface area contributed by atoms with Gasteiger partial charge in [0.25, 0.3) is 10.0 Å². The lowest BCUT2D eigenvalue weighted by Crippen LogP contribution is -2.56. The highest BCUT2D eigenvalue weighted by Gasteiger charge is 2.36. The number of aryl methyl sites for hydroxylation is 1. The molecule has 4 rings (SSSR count). The molecule has 0 aliphatic heterocycles. The van der Waals surface area contributed by atoms with Crippen LogP contribution in [-0.2, 0) is 32.6 Å². The Kier molecular flexibility index (Phi) is 10.8. The average molecular weight is 695 g/mol. The highest BCUT2D eigenvalue weighted by molar-refractivity contribution is 9.10. The van der Waals surface area contributed by atoms with Crippen LogP contribution in [0.2, 0.25) is 0 Å². The van der Waals surface area contributed by atoms with E-state index in [-0.39, 0.29) is 23.5 Å². The predicted octanol–water partition coefficient (Wildman–Crippen LogP) is 6.65. The highest BCUT2D eigenvalue weighted by Crippen LogP contribution is 2.28. The average Bonchev–Trinajstić information content (AvgIpc) is 2.98. The van der Waals surface area contributed by atoms with Gasteiger partial charge in [-0.25, -0.2) is 12.8 Å². The molecule has 2 amide bonds. The first-order valence-corrected chi connectivity index (χ1v) is 16.7. The molecule has 0 radical (unpaired) electrons. The zero-order valence-electron chi connectivity index (χ0n) is 25.7. The lowest BCUT2D eigenvalue weighted by Gasteiger charge is -2.35. The van der Waals surface area contributed by atoms with E-state index in [0.717, 1.165) is 31.5 Å². The van der Waals surface area contributed by atoms with Crippen LogP contribution in [0.4, 0.5) is 10.1 Å². The monoisotopic (exact) mass is 693 g/mol. The summed E-state index contributed by atoms with van der Waals surface area (Å²) in [6.45, 7) is 6.63. The van der Waals surface area contributed by atoms with Crippen molar-refractivity contribution in [3.8, 4) is 0 Å². The number of hydrogen-bond acceptors (Lipinski definition) is 4. The number of carbonyl (C=O) groups excluding carboxylic acids is 2. The first kappa shape index (κ1) is 33.9. The van der Waals surface area contributed by atoms with Gasteiger partial charge in [0.15, 0.2) is 0 Å². The standard InChI is InChI=1S/C35H37BrFN3O4S/c1-25-17-19-29(20-18-25)45(43,44)40(31-16-9-8-15-30(31)37)24-33(41)39(23-27-13-10-14-28(36)21-27)32(34(42)38-35(2,3)4)22-26-11-6-5-7-12-26/h5-21,32H,22-24H2,1-4H3,(H,38,42)/t32-/m0/s1. The van der Waals surface area contributed by atoms with E-state index >= 15 is 4.39 Å². The Bertz CT molecular complexity index is 1740. The molecule has 0 bridgehead atoms. The SMILES string of the molecule is Cc1ccc(S(=O)(=O)N(CC(=O)N(Cc2cccc(Br)c2)[C@@H](Cc2ccccc2)C(=O)NC(C)(C)C)c2ccccc2F)cc1. The minimum atomic E-state index is -4.40. The number of nitrogens with zero attached hydrogens (tertiary/aromatic N) is 2. The van der Waals surface area contributed by atoms with E-state index in [2.05, 4.69) is 21.2 Å². The van der Waals surface area contributed by atoms with Crippen LogP contribution >= 0.6 is 15.9 Å². The van der Waals surface area contributed by atoms with Crippen molar-refractivity contribution in [1.82, 2.24) is 10.2 Å². The van der Waals surface area contributed by atoms with Crippen LogP contribution in [-0.4, -0.2) is 43.3 Å². The van der Waals surface area contributed by atoms with Gasteiger partial charge in [0.1, 0.15) is 18.4 Å². The molecule has 0 aromatic heterocycles. The lowest BCUT2D eigenvalue weighted by molar-refractivity contribution is -0.140. The topological polar surface area (TPSA) is 86.8 Å². The van der Waals surface area contributed by atoms with Gasteiger partial charge in [0.2, 0.25) is 11.8 Å². The maximum absolute atomic E-state index is 15.3. The van der Waals surface area contributed by atoms with E-state index in [4.69, 9.17) is 0 Å². The van der Waals surface area contributed by atoms with Crippen molar-refractivity contribution in [3.05, 3.63) is 130 Å². The first-order valence-electron chi connectivity index (χ1n) is 14.5. The van der Waals surface area contributed by atoms with E-state index in [9.17, 15) is 18.0 Å². The van der Waals surface area contributed by atoms with E-state index in [1.165, 1.54) is 35.2 Å². The van der Waals surface area contributed by atoms with Crippen LogP contribution in [0, 0.1) is 12.7 Å². The summed E-state index contributed by atoms with van der Waals surface area (Å²) in [6.07, 6.45) is 0.174. The summed E-state index contributed by atoms with van der Waals surface area (Å²) < 4.78 is 44.9. The number of halogens is 2. The Balaban J connectivity index is 1.83. The molecule has 0 saturated heterocycles. The van der Waals surface area contributed by atoms with Crippen LogP contribution < -0.4 is 9.62 Å². The maximum atomic E-state index is 15.3. The molecular formula is C35H37BrFN3O4S. The zero-order valence-corrected chi connectivity index (χ0v) is 28.1. The Hall–Kier alpha value is -4.02. The molecule has 7 nitrogen and oxygen atoms in total. The van der Waals surface area contributed by atoms with E-state index < -0.39 is 45.8 Å². The number of para-hydroxylation sites is 1. The Morgan fingerprint density at radius 3 is 2.11 bits per heavy atom. The molecule has 0 heterocycles. The molecule has 1 atom stereocenters. The number of rotatable bonds is 11. The molecule has 0 unspecified atom stereocenters. The molecule has 0 spiro atoms. The normalized spacial score (nSPS) is 12.3. The van der Waals surface area contributed by atoms with Crippen molar-refractivity contribution in [2.24, 2.45) is 0 Å². The summed E-state index contributed by atoms with van der Waals surface area (Å²) in [7, 11) is -4.40. The van der Waals surface area contributed by atoms with Gasteiger partial charge in [-0.15, -0.1) is 0 Å². The summed E-state index contributed by atoms with van der Waals surface area (Å²) in [4.78, 5) is 29.7. The van der Waals surface area contributed by atoms with Gasteiger partial charge in [0.05, 0.1) is 10.6 Å². The molecule has 45 heavy (non-hydrogen) atoms. The van der Waals surface area contributed by atoms with Crippen molar-refractivity contribution in [1.29, 1.82) is 0 Å². The fourth-order valence-electron chi connectivity index (χ4n) is 4.84. The number of carbonyl (C=O) groups is 2. The fraction of sp³-hybridized carbons (Fsp3) is 0.257. The second kappa shape index (κ2) is 14.4. The van der Waals surface area contributed by atoms with Crippen molar-refractivity contribution in [2.45, 2.75) is 57.1 Å². The minimum Gasteiger partial charge on any atom is -0.350 e. The largest absolute Gasteiger partial charge is 0.350 e. The molecule has 0 fully saturated rings. The highest BCUT2D eigenvalue weighted by atomic mass is 79.9. The smallest absolute Gasteiger partial charge is 0.264 e. The second-order valence-electron chi connectivity index (χ2n) is 11.9. The van der Waals surface area contributed by atoms with E-state index in [1.54, 1.807) is 12.1 Å². The van der Waals surface area contributed by atoms with Crippen molar-refractivity contribution in [3.63, 3.8) is 0 Å². The van der Waals surface area contributed by atoms with Gasteiger partial charge < -0.3 is 10.2 Å². The first-order chi connectivity index (χ1) is 21.2. The van der Waals surface area contributed by atoms with Gasteiger partial charge in [-0.3, -0.25) is 13.9 Å². The Labute approximate surface area is 273 Å². The number of benzene rings is 4. The van der Waals surface area contributed by atoms with Crippen LogP contribution in [0.5, 0.6) is 0 Å². The second-order valence-corrected chi connectivity index (χ2v) is 14.7. The van der Waals surface area contributed by atoms with Gasteiger partial charge >= 0.3 is 0 Å². The third-order valence-electron chi connectivity index (χ3n) is 7.02. The number of anilines is 1. The van der Waals surface area contributed by atoms with Crippen LogP contribution in [0.25, 0.3) is 0 Å². The summed E-state index contributed by atoms with van der Waals surface area (Å²) in [5.41, 5.74) is 1.50. The minimum absolute atomic E-state index is 0.00300. The fourth-order valence-corrected chi connectivity index (χ4v) is 6.71. The summed E-state index contributed by atoms with van der Waals surface area (Å²) in [5, 5.41) is 2.99. The molecule has 0 saturated carbocycles. The number of nitrogens with one attached hydrogen (secondary N) is 1. The summed E-state index contributed by atoms with van der Waals surface area (Å²) in [6, 6.07) is 27.2. The summed E-state index contributed by atoms with van der Waals surface area (Å²) >= 11 is 3.47. The molecule has 1 N–H and O–H groups in total. The molecule has 4 aromatic rings. The maximum Gasteiger partial charge on any atom is 0.264 e. The molecule has 0 aliphatic rings. The van der Waals surface area contributed by atoms with Crippen molar-refractivity contribution < 1.29 is 22.4 Å². The van der Waals surface area contributed by atoms with Crippen LogP contribution in [0.1, 0.15) is 37.5 Å². The van der Waals surface area contributed by atoms with Crippen LogP contribution in [0.3, 0.4) is 0 Å². The number of hydrogen-bond donors (Lipinski definition) is 1. The third-order valence-corrected chi connectivity index (χ3v) is 9.29. The van der Waals surface area contributed by atoms with Gasteiger partial charge in [0, 0.05) is 23.0 Å². The van der Waals surface area contributed by atoms with Gasteiger partial charge in [-0.2, -0.15) is 0 Å². The molecule has 0 aliphatic carbocycles. The van der Waals surface area contributed by atoms with Gasteiger partial charge in [-0.1, -0.05) is 88.2 Å². The molecular weight excluding hydrogens is 657 g/mol. The predicted molar refractivity (Wildman–Crippen MR) is 179 cm³/mol. The molecule has 10 heteroatoms. The molecule has 4 aromatic carbocycles. The van der Waals surface area contributed by atoms with E-state index in [1.807, 2.05) is 82.3 Å². The zero-order chi connectivity index (χ0) is 32.8. The Morgan fingerprint density at radius 2 is 1.49 bits per heavy atom. The van der Waals surface area contributed by atoms with E-state index in [0.29, 0.717) is 0 Å². The van der Waals surface area contributed by atoms with Gasteiger partial charge in [-0.05, 0) is 75.2 Å². The molecule has 236 valence electrons.